The number of nitrogens with zero attached hydrogens (tertiary/aromatic N) is 1. The number of nitrogens with two attached hydrogens (primary N) is 1. The number of benzene rings is 1. The second-order valence-corrected chi connectivity index (χ2v) is 3.20. The highest BCUT2D eigenvalue weighted by molar-refractivity contribution is 5.92. The number of hydrazine groups is 1. The molecule has 1 heterocycles. The molecule has 2 aromatic rings. The van der Waals surface area contributed by atoms with Crippen LogP contribution >= 0.6 is 0 Å². The van der Waals surface area contributed by atoms with Crippen molar-refractivity contribution in [3.8, 4) is 5.75 Å². The monoisotopic (exact) mass is 233 g/mol. The molecule has 0 unspecified atom stereocenters. The Morgan fingerprint density at radius 2 is 2.18 bits per heavy atom. The van der Waals surface area contributed by atoms with Gasteiger partial charge >= 0.3 is 0 Å². The highest BCUT2D eigenvalue weighted by Gasteiger charge is 2.15. The Labute approximate surface area is 97.4 Å². The average molecular weight is 233 g/mol. The van der Waals surface area contributed by atoms with Crippen molar-refractivity contribution >= 4 is 5.91 Å². The third-order valence-electron chi connectivity index (χ3n) is 2.10. The number of oxazole rings is 1. The minimum atomic E-state index is -0.509. The van der Waals surface area contributed by atoms with Crippen molar-refractivity contribution < 1.29 is 13.9 Å². The van der Waals surface area contributed by atoms with Crippen LogP contribution in [0.4, 0.5) is 0 Å². The topological polar surface area (TPSA) is 90.4 Å². The van der Waals surface area contributed by atoms with Crippen molar-refractivity contribution in [3.05, 3.63) is 48.2 Å². The van der Waals surface area contributed by atoms with Gasteiger partial charge in [-0.05, 0) is 12.1 Å². The third-order valence-corrected chi connectivity index (χ3v) is 2.10. The number of hydrogen-bond acceptors (Lipinski definition) is 5. The quantitative estimate of drug-likeness (QED) is 0.464. The molecule has 1 aromatic heterocycles. The summed E-state index contributed by atoms with van der Waals surface area (Å²) in [6.45, 7) is 0.118. The normalized spacial score (nSPS) is 9.94. The number of hydrogen-bond donors (Lipinski definition) is 2. The van der Waals surface area contributed by atoms with E-state index in [1.165, 1.54) is 6.39 Å². The first-order valence-corrected chi connectivity index (χ1v) is 4.92. The standard InChI is InChI=1S/C11H11N3O3/c12-14-11(15)10-9(17-7-13-10)6-16-8-4-2-1-3-5-8/h1-5,7H,6,12H2,(H,14,15). The minimum Gasteiger partial charge on any atom is -0.486 e. The molecule has 0 atom stereocenters. The molecule has 0 saturated heterocycles. The fourth-order valence-electron chi connectivity index (χ4n) is 1.29. The number of carbonyl (C=O) groups is 1. The van der Waals surface area contributed by atoms with Crippen LogP contribution in [-0.2, 0) is 6.61 Å². The van der Waals surface area contributed by atoms with E-state index in [1.54, 1.807) is 12.1 Å². The first kappa shape index (κ1) is 11.2. The zero-order valence-electron chi connectivity index (χ0n) is 8.92. The summed E-state index contributed by atoms with van der Waals surface area (Å²) in [7, 11) is 0. The molecule has 6 nitrogen and oxygen atoms in total. The summed E-state index contributed by atoms with van der Waals surface area (Å²) in [5.41, 5.74) is 2.12. The van der Waals surface area contributed by atoms with Gasteiger partial charge in [-0.1, -0.05) is 18.2 Å². The van der Waals surface area contributed by atoms with Gasteiger partial charge < -0.3 is 9.15 Å². The summed E-state index contributed by atoms with van der Waals surface area (Å²) in [6.07, 6.45) is 1.17. The van der Waals surface area contributed by atoms with Crippen LogP contribution in [0.5, 0.6) is 5.75 Å². The molecule has 3 N–H and O–H groups in total. The second kappa shape index (κ2) is 5.13. The molecule has 1 aromatic carbocycles. The molecule has 0 fully saturated rings. The number of amides is 1. The Kier molecular flexibility index (Phi) is 3.37. The fraction of sp³-hybridized carbons (Fsp3) is 0.0909. The molecule has 88 valence electrons. The van der Waals surface area contributed by atoms with Gasteiger partial charge in [0.1, 0.15) is 12.4 Å². The highest BCUT2D eigenvalue weighted by atomic mass is 16.5. The fourth-order valence-corrected chi connectivity index (χ4v) is 1.29. The average Bonchev–Trinajstić information content (AvgIpc) is 2.85. The Morgan fingerprint density at radius 3 is 2.88 bits per heavy atom. The number of aromatic nitrogens is 1. The predicted molar refractivity (Wildman–Crippen MR) is 58.9 cm³/mol. The molecule has 0 saturated carbocycles. The van der Waals surface area contributed by atoms with E-state index in [2.05, 4.69) is 4.98 Å². The van der Waals surface area contributed by atoms with Crippen molar-refractivity contribution in [1.29, 1.82) is 0 Å². The molecule has 0 radical (unpaired) electrons. The summed E-state index contributed by atoms with van der Waals surface area (Å²) >= 11 is 0. The maximum absolute atomic E-state index is 11.3. The van der Waals surface area contributed by atoms with Crippen LogP contribution in [0.25, 0.3) is 0 Å². The van der Waals surface area contributed by atoms with E-state index < -0.39 is 5.91 Å². The summed E-state index contributed by atoms with van der Waals surface area (Å²) in [5, 5.41) is 0. The molecule has 0 aliphatic heterocycles. The van der Waals surface area contributed by atoms with Crippen LogP contribution in [0.3, 0.4) is 0 Å². The molecular weight excluding hydrogens is 222 g/mol. The largest absolute Gasteiger partial charge is 0.486 e. The van der Waals surface area contributed by atoms with E-state index in [4.69, 9.17) is 15.0 Å². The lowest BCUT2D eigenvalue weighted by atomic mass is 10.3. The van der Waals surface area contributed by atoms with Gasteiger partial charge in [-0.15, -0.1) is 0 Å². The molecular formula is C11H11N3O3. The van der Waals surface area contributed by atoms with Crippen molar-refractivity contribution in [2.75, 3.05) is 0 Å². The van der Waals surface area contributed by atoms with E-state index in [1.807, 2.05) is 23.6 Å². The highest BCUT2D eigenvalue weighted by Crippen LogP contribution is 2.13. The number of nitrogen functional groups attached to an aromatic ring is 1. The first-order chi connectivity index (χ1) is 8.31. The first-order valence-electron chi connectivity index (χ1n) is 4.92. The Bertz CT molecular complexity index is 496. The number of ether oxygens (including phenoxy) is 1. The van der Waals surface area contributed by atoms with E-state index in [-0.39, 0.29) is 12.3 Å². The SMILES string of the molecule is NNC(=O)c1ncoc1COc1ccccc1. The van der Waals surface area contributed by atoms with Gasteiger partial charge in [-0.3, -0.25) is 10.2 Å². The zero-order valence-corrected chi connectivity index (χ0v) is 8.92. The Morgan fingerprint density at radius 1 is 1.41 bits per heavy atom. The lowest BCUT2D eigenvalue weighted by Crippen LogP contribution is -2.31. The summed E-state index contributed by atoms with van der Waals surface area (Å²) in [5.74, 6) is 5.52. The second-order valence-electron chi connectivity index (χ2n) is 3.20. The van der Waals surface area contributed by atoms with Crippen molar-refractivity contribution in [2.45, 2.75) is 6.61 Å². The molecule has 0 spiro atoms. The van der Waals surface area contributed by atoms with Crippen molar-refractivity contribution in [1.82, 2.24) is 10.4 Å². The van der Waals surface area contributed by atoms with E-state index in [9.17, 15) is 4.79 Å². The van der Waals surface area contributed by atoms with Crippen LogP contribution in [-0.4, -0.2) is 10.9 Å². The summed E-state index contributed by atoms with van der Waals surface area (Å²) < 4.78 is 10.5. The minimum absolute atomic E-state index is 0.118. The van der Waals surface area contributed by atoms with E-state index in [0.717, 1.165) is 0 Å². The molecule has 6 heteroatoms. The van der Waals surface area contributed by atoms with Crippen LogP contribution < -0.4 is 16.0 Å². The molecule has 1 amide bonds. The third kappa shape index (κ3) is 2.61. The van der Waals surface area contributed by atoms with Gasteiger partial charge in [0.05, 0.1) is 0 Å². The Balaban J connectivity index is 2.05. The van der Waals surface area contributed by atoms with Crippen LogP contribution in [0, 0.1) is 0 Å². The number of carbonyl (C=O) groups excluding carboxylic acids is 1. The van der Waals surface area contributed by atoms with Gasteiger partial charge in [0, 0.05) is 0 Å². The van der Waals surface area contributed by atoms with Gasteiger partial charge in [-0.25, -0.2) is 10.8 Å². The lowest BCUT2D eigenvalue weighted by Gasteiger charge is -2.04. The molecule has 0 bridgehead atoms. The van der Waals surface area contributed by atoms with Gasteiger partial charge in [0.2, 0.25) is 0 Å². The molecule has 17 heavy (non-hydrogen) atoms. The smallest absolute Gasteiger partial charge is 0.287 e. The van der Waals surface area contributed by atoms with Gasteiger partial charge in [0.15, 0.2) is 17.8 Å². The maximum atomic E-state index is 11.3. The molecule has 2 rings (SSSR count). The predicted octanol–water partition coefficient (Wildman–Crippen LogP) is 0.857. The summed E-state index contributed by atoms with van der Waals surface area (Å²) in [6, 6.07) is 9.19. The molecule has 0 aliphatic carbocycles. The van der Waals surface area contributed by atoms with Crippen LogP contribution in [0.15, 0.2) is 41.1 Å². The lowest BCUT2D eigenvalue weighted by molar-refractivity contribution is 0.0945. The Hall–Kier alpha value is -2.34. The number of para-hydroxylation sites is 1. The van der Waals surface area contributed by atoms with Gasteiger partial charge in [-0.2, -0.15) is 0 Å². The van der Waals surface area contributed by atoms with Crippen molar-refractivity contribution in [3.63, 3.8) is 0 Å². The van der Waals surface area contributed by atoms with Crippen LogP contribution in [0.2, 0.25) is 0 Å². The summed E-state index contributed by atoms with van der Waals surface area (Å²) in [4.78, 5) is 15.1. The van der Waals surface area contributed by atoms with Gasteiger partial charge in [0.25, 0.3) is 5.91 Å². The zero-order chi connectivity index (χ0) is 12.1. The van der Waals surface area contributed by atoms with E-state index >= 15 is 0 Å². The molecule has 0 aliphatic rings. The van der Waals surface area contributed by atoms with Crippen LogP contribution in [0.1, 0.15) is 16.2 Å². The number of nitrogens with one attached hydrogen (secondary N) is 1. The van der Waals surface area contributed by atoms with E-state index in [0.29, 0.717) is 11.5 Å². The number of rotatable bonds is 4. The van der Waals surface area contributed by atoms with Crippen molar-refractivity contribution in [2.24, 2.45) is 5.84 Å². The maximum Gasteiger partial charge on any atom is 0.287 e.